The van der Waals surface area contributed by atoms with E-state index in [4.69, 9.17) is 4.42 Å². The average Bonchev–Trinajstić information content (AvgIpc) is 2.93. The number of nitrogens with one attached hydrogen (secondary N) is 2. The molecule has 3 amide bonds. The maximum absolute atomic E-state index is 12.6. The Morgan fingerprint density at radius 1 is 1.38 bits per heavy atom. The lowest BCUT2D eigenvalue weighted by Gasteiger charge is -2.29. The molecular weight excluding hydrogens is 308 g/mol. The van der Waals surface area contributed by atoms with E-state index in [-0.39, 0.29) is 24.5 Å². The maximum Gasteiger partial charge on any atom is 0.315 e. The zero-order valence-electron chi connectivity index (χ0n) is 15.0. The van der Waals surface area contributed by atoms with Crippen LogP contribution < -0.4 is 10.6 Å². The van der Waals surface area contributed by atoms with Crippen molar-refractivity contribution >= 4 is 11.9 Å². The van der Waals surface area contributed by atoms with Crippen LogP contribution in [0, 0.1) is 12.8 Å². The minimum absolute atomic E-state index is 0.0848. The normalized spacial score (nSPS) is 16.8. The van der Waals surface area contributed by atoms with Gasteiger partial charge in [-0.15, -0.1) is 0 Å². The van der Waals surface area contributed by atoms with Crippen LogP contribution >= 0.6 is 0 Å². The van der Waals surface area contributed by atoms with Gasteiger partial charge in [-0.05, 0) is 39.0 Å². The van der Waals surface area contributed by atoms with E-state index in [1.165, 1.54) is 0 Å². The van der Waals surface area contributed by atoms with E-state index in [1.54, 1.807) is 6.92 Å². The molecule has 2 heterocycles. The Labute approximate surface area is 143 Å². The highest BCUT2D eigenvalue weighted by atomic mass is 16.4. The lowest BCUT2D eigenvalue weighted by Crippen LogP contribution is -2.40. The van der Waals surface area contributed by atoms with Gasteiger partial charge in [-0.2, -0.15) is 0 Å². The van der Waals surface area contributed by atoms with Gasteiger partial charge in [0.05, 0.1) is 6.54 Å². The molecule has 7 nitrogen and oxygen atoms in total. The number of amides is 3. The number of oxazole rings is 1. The number of hydrogen-bond donors (Lipinski definition) is 2. The number of likely N-dealkylation sites (tertiary alicyclic amines) is 1. The summed E-state index contributed by atoms with van der Waals surface area (Å²) < 4.78 is 5.53. The number of piperidine rings is 1. The highest BCUT2D eigenvalue weighted by Crippen LogP contribution is 2.19. The highest BCUT2D eigenvalue weighted by Gasteiger charge is 2.26. The van der Waals surface area contributed by atoms with E-state index in [2.05, 4.69) is 22.5 Å². The van der Waals surface area contributed by atoms with Gasteiger partial charge in [0.15, 0.2) is 5.69 Å². The fourth-order valence-corrected chi connectivity index (χ4v) is 2.62. The standard InChI is InChI=1S/C17H28N4O3/c1-5-12(3)19-17(23)18-10-14-20-15(13(4)24-14)16(22)21-8-6-11(2)7-9-21/h11-12H,5-10H2,1-4H3,(H2,18,19,23). The molecule has 1 aromatic heterocycles. The molecule has 1 atom stereocenters. The molecule has 0 aliphatic carbocycles. The molecule has 7 heteroatoms. The van der Waals surface area contributed by atoms with Crippen molar-refractivity contribution in [2.75, 3.05) is 13.1 Å². The summed E-state index contributed by atoms with van der Waals surface area (Å²) in [5, 5.41) is 5.50. The van der Waals surface area contributed by atoms with E-state index in [0.29, 0.717) is 23.3 Å². The smallest absolute Gasteiger partial charge is 0.315 e. The molecule has 0 radical (unpaired) electrons. The first-order valence-corrected chi connectivity index (χ1v) is 8.70. The minimum Gasteiger partial charge on any atom is -0.443 e. The number of hydrogen-bond acceptors (Lipinski definition) is 4. The Bertz CT molecular complexity index is 576. The fraction of sp³-hybridized carbons (Fsp3) is 0.706. The number of rotatable bonds is 5. The summed E-state index contributed by atoms with van der Waals surface area (Å²) >= 11 is 0. The van der Waals surface area contributed by atoms with Crippen LogP contribution in [0.5, 0.6) is 0 Å². The van der Waals surface area contributed by atoms with Crippen molar-refractivity contribution < 1.29 is 14.0 Å². The molecular formula is C17H28N4O3. The monoisotopic (exact) mass is 336 g/mol. The minimum atomic E-state index is -0.266. The Kier molecular flexibility index (Phi) is 6.23. The summed E-state index contributed by atoms with van der Waals surface area (Å²) in [6.07, 6.45) is 2.90. The van der Waals surface area contributed by atoms with Crippen LogP contribution in [-0.4, -0.2) is 41.0 Å². The van der Waals surface area contributed by atoms with Gasteiger partial charge < -0.3 is 20.0 Å². The third kappa shape index (κ3) is 4.72. The first-order valence-electron chi connectivity index (χ1n) is 8.70. The summed E-state index contributed by atoms with van der Waals surface area (Å²) in [6.45, 7) is 9.56. The predicted molar refractivity (Wildman–Crippen MR) is 90.7 cm³/mol. The van der Waals surface area contributed by atoms with Crippen LogP contribution in [-0.2, 0) is 6.54 Å². The number of nitrogens with zero attached hydrogens (tertiary/aromatic N) is 2. The van der Waals surface area contributed by atoms with Crippen LogP contribution in [0.1, 0.15) is 62.2 Å². The summed E-state index contributed by atoms with van der Waals surface area (Å²) in [4.78, 5) is 30.4. The van der Waals surface area contributed by atoms with Gasteiger partial charge in [0, 0.05) is 19.1 Å². The van der Waals surface area contributed by atoms with Gasteiger partial charge in [0.2, 0.25) is 5.89 Å². The summed E-state index contributed by atoms with van der Waals surface area (Å²) in [5.74, 6) is 1.42. The summed E-state index contributed by atoms with van der Waals surface area (Å²) in [7, 11) is 0. The number of carbonyl (C=O) groups is 2. The Morgan fingerprint density at radius 2 is 2.04 bits per heavy atom. The van der Waals surface area contributed by atoms with Crippen molar-refractivity contribution in [2.24, 2.45) is 5.92 Å². The summed E-state index contributed by atoms with van der Waals surface area (Å²) in [6, 6.07) is -0.159. The molecule has 134 valence electrons. The van der Waals surface area contributed by atoms with Gasteiger partial charge >= 0.3 is 6.03 Å². The molecule has 0 bridgehead atoms. The highest BCUT2D eigenvalue weighted by molar-refractivity contribution is 5.93. The Morgan fingerprint density at radius 3 is 2.67 bits per heavy atom. The molecule has 1 fully saturated rings. The van der Waals surface area contributed by atoms with Gasteiger partial charge in [-0.25, -0.2) is 9.78 Å². The van der Waals surface area contributed by atoms with Gasteiger partial charge in [-0.3, -0.25) is 4.79 Å². The summed E-state index contributed by atoms with van der Waals surface area (Å²) in [5.41, 5.74) is 0.351. The third-order valence-corrected chi connectivity index (χ3v) is 4.50. The quantitative estimate of drug-likeness (QED) is 0.864. The van der Waals surface area contributed by atoms with E-state index in [0.717, 1.165) is 32.4 Å². The van der Waals surface area contributed by atoms with E-state index in [9.17, 15) is 9.59 Å². The lowest BCUT2D eigenvalue weighted by atomic mass is 9.99. The molecule has 1 saturated heterocycles. The predicted octanol–water partition coefficient (Wildman–Crippen LogP) is 2.45. The van der Waals surface area contributed by atoms with Gasteiger partial charge in [-0.1, -0.05) is 13.8 Å². The van der Waals surface area contributed by atoms with Crippen LogP contribution in [0.15, 0.2) is 4.42 Å². The van der Waals surface area contributed by atoms with Gasteiger partial charge in [0.1, 0.15) is 5.76 Å². The van der Waals surface area contributed by atoms with E-state index >= 15 is 0 Å². The molecule has 2 rings (SSSR count). The number of urea groups is 1. The third-order valence-electron chi connectivity index (χ3n) is 4.50. The Hall–Kier alpha value is -2.05. The van der Waals surface area contributed by atoms with Crippen LogP contribution in [0.25, 0.3) is 0 Å². The van der Waals surface area contributed by atoms with Crippen molar-refractivity contribution in [3.05, 3.63) is 17.3 Å². The molecule has 0 spiro atoms. The van der Waals surface area contributed by atoms with Crippen molar-refractivity contribution in [3.63, 3.8) is 0 Å². The first-order chi connectivity index (χ1) is 11.4. The molecule has 1 aliphatic rings. The largest absolute Gasteiger partial charge is 0.443 e. The first kappa shape index (κ1) is 18.3. The second-order valence-electron chi connectivity index (χ2n) is 6.62. The second-order valence-corrected chi connectivity index (χ2v) is 6.62. The van der Waals surface area contributed by atoms with Crippen LogP contribution in [0.2, 0.25) is 0 Å². The topological polar surface area (TPSA) is 87.5 Å². The van der Waals surface area contributed by atoms with Crippen LogP contribution in [0.4, 0.5) is 4.79 Å². The van der Waals surface area contributed by atoms with Crippen molar-refractivity contribution in [3.8, 4) is 0 Å². The van der Waals surface area contributed by atoms with Crippen molar-refractivity contribution in [1.29, 1.82) is 0 Å². The number of aryl methyl sites for hydroxylation is 1. The molecule has 2 N–H and O–H groups in total. The van der Waals surface area contributed by atoms with Crippen molar-refractivity contribution in [1.82, 2.24) is 20.5 Å². The molecule has 1 aromatic rings. The van der Waals surface area contributed by atoms with E-state index < -0.39 is 0 Å². The average molecular weight is 336 g/mol. The molecule has 0 aromatic carbocycles. The molecule has 1 unspecified atom stereocenters. The zero-order chi connectivity index (χ0) is 17.7. The number of aromatic nitrogens is 1. The second kappa shape index (κ2) is 8.17. The molecule has 0 saturated carbocycles. The van der Waals surface area contributed by atoms with Gasteiger partial charge in [0.25, 0.3) is 5.91 Å². The Balaban J connectivity index is 1.92. The van der Waals surface area contributed by atoms with Crippen LogP contribution in [0.3, 0.4) is 0 Å². The van der Waals surface area contributed by atoms with E-state index in [1.807, 2.05) is 18.7 Å². The molecule has 24 heavy (non-hydrogen) atoms. The molecule has 1 aliphatic heterocycles. The zero-order valence-corrected chi connectivity index (χ0v) is 15.0. The van der Waals surface area contributed by atoms with Crippen molar-refractivity contribution in [2.45, 2.75) is 59.5 Å². The number of carbonyl (C=O) groups excluding carboxylic acids is 2. The fourth-order valence-electron chi connectivity index (χ4n) is 2.62. The maximum atomic E-state index is 12.6. The SMILES string of the molecule is CCC(C)NC(=O)NCc1nc(C(=O)N2CCC(C)CC2)c(C)o1. The lowest BCUT2D eigenvalue weighted by molar-refractivity contribution is 0.0690.